The van der Waals surface area contributed by atoms with Crippen molar-refractivity contribution in [3.63, 3.8) is 0 Å². The number of aliphatic hydroxyl groups is 1. The lowest BCUT2D eigenvalue weighted by molar-refractivity contribution is -0.165. The highest BCUT2D eigenvalue weighted by Crippen LogP contribution is 2.32. The zero-order valence-corrected chi connectivity index (χ0v) is 12.9. The first-order valence-electron chi connectivity index (χ1n) is 8.16. The van der Waals surface area contributed by atoms with Gasteiger partial charge in [-0.15, -0.1) is 0 Å². The Labute approximate surface area is 126 Å². The molecule has 1 aliphatic carbocycles. The van der Waals surface area contributed by atoms with Gasteiger partial charge in [-0.3, -0.25) is 4.79 Å². The predicted molar refractivity (Wildman–Crippen MR) is 78.8 cm³/mol. The zero-order valence-electron chi connectivity index (χ0n) is 12.9. The number of piperidine rings is 1. The molecule has 1 aliphatic heterocycles. The summed E-state index contributed by atoms with van der Waals surface area (Å²) in [6, 6.07) is 0. The van der Waals surface area contributed by atoms with E-state index >= 15 is 0 Å². The van der Waals surface area contributed by atoms with Crippen LogP contribution in [0.5, 0.6) is 0 Å². The maximum atomic E-state index is 12.3. The van der Waals surface area contributed by atoms with Gasteiger partial charge in [-0.05, 0) is 11.8 Å². The number of carbonyl (C=O) groups is 2. The van der Waals surface area contributed by atoms with Gasteiger partial charge in [0.15, 0.2) is 5.60 Å². The van der Waals surface area contributed by atoms with E-state index in [-0.39, 0.29) is 18.7 Å². The molecule has 0 aromatic rings. The highest BCUT2D eigenvalue weighted by molar-refractivity contribution is 5.79. The average molecular weight is 297 g/mol. The van der Waals surface area contributed by atoms with Crippen LogP contribution in [0.25, 0.3) is 0 Å². The van der Waals surface area contributed by atoms with Gasteiger partial charge in [0.1, 0.15) is 0 Å². The minimum atomic E-state index is -1.65. The van der Waals surface area contributed by atoms with Crippen LogP contribution in [0.15, 0.2) is 0 Å². The Kier molecular flexibility index (Phi) is 5.25. The summed E-state index contributed by atoms with van der Waals surface area (Å²) < 4.78 is 0. The molecule has 2 rings (SSSR count). The second kappa shape index (κ2) is 6.77. The van der Waals surface area contributed by atoms with Crippen molar-refractivity contribution in [1.82, 2.24) is 4.90 Å². The number of carboxylic acids is 1. The Bertz CT molecular complexity index is 382. The lowest BCUT2D eigenvalue weighted by Crippen LogP contribution is -2.51. The fourth-order valence-electron chi connectivity index (χ4n) is 3.61. The molecule has 0 unspecified atom stereocenters. The van der Waals surface area contributed by atoms with Crippen molar-refractivity contribution in [3.8, 4) is 0 Å². The van der Waals surface area contributed by atoms with Gasteiger partial charge < -0.3 is 15.1 Å². The third kappa shape index (κ3) is 3.96. The number of likely N-dealkylation sites (tertiary alicyclic amines) is 1. The third-order valence-corrected chi connectivity index (χ3v) is 5.29. The second-order valence-corrected chi connectivity index (χ2v) is 6.80. The molecule has 120 valence electrons. The standard InChI is InChI=1S/C16H27NO4/c1-12(13-5-3-2-4-6-13)11-14(18)17-9-7-16(21,8-10-17)15(19)20/h12-13,21H,2-11H2,1H3,(H,19,20)/t12-/m1/s1. The predicted octanol–water partition coefficient (Wildman–Crippen LogP) is 2.03. The van der Waals surface area contributed by atoms with Crippen LogP contribution in [0.3, 0.4) is 0 Å². The Morgan fingerprint density at radius 1 is 1.19 bits per heavy atom. The van der Waals surface area contributed by atoms with Gasteiger partial charge in [0.2, 0.25) is 5.91 Å². The normalized spacial score (nSPS) is 24.6. The summed E-state index contributed by atoms with van der Waals surface area (Å²) in [5.41, 5.74) is -1.65. The summed E-state index contributed by atoms with van der Waals surface area (Å²) in [4.78, 5) is 25.0. The van der Waals surface area contributed by atoms with Crippen molar-refractivity contribution >= 4 is 11.9 Å². The zero-order chi connectivity index (χ0) is 15.5. The molecule has 1 heterocycles. The van der Waals surface area contributed by atoms with Gasteiger partial charge in [-0.2, -0.15) is 0 Å². The monoisotopic (exact) mass is 297 g/mol. The molecule has 5 heteroatoms. The molecule has 0 radical (unpaired) electrons. The van der Waals surface area contributed by atoms with E-state index in [1.54, 1.807) is 4.90 Å². The lowest BCUT2D eigenvalue weighted by atomic mass is 9.79. The van der Waals surface area contributed by atoms with Crippen LogP contribution in [-0.4, -0.2) is 45.7 Å². The SMILES string of the molecule is C[C@H](CC(=O)N1CCC(O)(C(=O)O)CC1)C1CCCCC1. The summed E-state index contributed by atoms with van der Waals surface area (Å²) in [5.74, 6) is -0.00721. The minimum Gasteiger partial charge on any atom is -0.479 e. The van der Waals surface area contributed by atoms with Crippen LogP contribution in [-0.2, 0) is 9.59 Å². The molecule has 21 heavy (non-hydrogen) atoms. The number of aliphatic carboxylic acids is 1. The summed E-state index contributed by atoms with van der Waals surface area (Å²) in [7, 11) is 0. The van der Waals surface area contributed by atoms with Gasteiger partial charge in [0.25, 0.3) is 0 Å². The first kappa shape index (κ1) is 16.3. The first-order chi connectivity index (χ1) is 9.92. The topological polar surface area (TPSA) is 77.8 Å². The Balaban J connectivity index is 1.80. The van der Waals surface area contributed by atoms with Crippen molar-refractivity contribution in [2.24, 2.45) is 11.8 Å². The fourth-order valence-corrected chi connectivity index (χ4v) is 3.61. The highest BCUT2D eigenvalue weighted by atomic mass is 16.4. The quantitative estimate of drug-likeness (QED) is 0.832. The van der Waals surface area contributed by atoms with E-state index in [4.69, 9.17) is 5.11 Å². The van der Waals surface area contributed by atoms with E-state index in [9.17, 15) is 14.7 Å². The first-order valence-corrected chi connectivity index (χ1v) is 8.16. The summed E-state index contributed by atoms with van der Waals surface area (Å²) in [6.45, 7) is 2.85. The molecule has 0 spiro atoms. The molecule has 0 aromatic carbocycles. The number of rotatable bonds is 4. The Morgan fingerprint density at radius 3 is 2.29 bits per heavy atom. The summed E-state index contributed by atoms with van der Waals surface area (Å²) >= 11 is 0. The van der Waals surface area contributed by atoms with Crippen LogP contribution in [0, 0.1) is 11.8 Å². The average Bonchev–Trinajstić information content (AvgIpc) is 2.48. The van der Waals surface area contributed by atoms with Gasteiger partial charge in [0.05, 0.1) is 0 Å². The molecule has 1 atom stereocenters. The fraction of sp³-hybridized carbons (Fsp3) is 0.875. The van der Waals surface area contributed by atoms with Gasteiger partial charge in [0, 0.05) is 32.4 Å². The molecule has 1 amide bonds. The molecule has 5 nitrogen and oxygen atoms in total. The van der Waals surface area contributed by atoms with E-state index < -0.39 is 11.6 Å². The Morgan fingerprint density at radius 2 is 1.76 bits per heavy atom. The summed E-state index contributed by atoms with van der Waals surface area (Å²) in [5, 5.41) is 18.9. The van der Waals surface area contributed by atoms with Crippen LogP contribution >= 0.6 is 0 Å². The molecule has 1 saturated carbocycles. The van der Waals surface area contributed by atoms with E-state index in [0.717, 1.165) is 0 Å². The van der Waals surface area contributed by atoms with E-state index in [2.05, 4.69) is 6.92 Å². The van der Waals surface area contributed by atoms with Gasteiger partial charge in [-0.25, -0.2) is 4.79 Å². The smallest absolute Gasteiger partial charge is 0.335 e. The van der Waals surface area contributed by atoms with E-state index in [0.29, 0.717) is 31.3 Å². The lowest BCUT2D eigenvalue weighted by Gasteiger charge is -2.36. The maximum absolute atomic E-state index is 12.3. The Hall–Kier alpha value is -1.10. The second-order valence-electron chi connectivity index (χ2n) is 6.80. The van der Waals surface area contributed by atoms with Crippen molar-refractivity contribution in [2.75, 3.05) is 13.1 Å². The van der Waals surface area contributed by atoms with Crippen molar-refractivity contribution < 1.29 is 19.8 Å². The minimum absolute atomic E-state index is 0.112. The van der Waals surface area contributed by atoms with Crippen molar-refractivity contribution in [2.45, 2.75) is 63.9 Å². The van der Waals surface area contributed by atoms with Crippen LogP contribution in [0.1, 0.15) is 58.3 Å². The molecular formula is C16H27NO4. The third-order valence-electron chi connectivity index (χ3n) is 5.29. The van der Waals surface area contributed by atoms with Crippen molar-refractivity contribution in [1.29, 1.82) is 0 Å². The molecule has 1 saturated heterocycles. The molecule has 0 aromatic heterocycles. The van der Waals surface area contributed by atoms with Gasteiger partial charge >= 0.3 is 5.97 Å². The number of carbonyl (C=O) groups excluding carboxylic acids is 1. The largest absolute Gasteiger partial charge is 0.479 e. The van der Waals surface area contributed by atoms with Crippen LogP contribution < -0.4 is 0 Å². The maximum Gasteiger partial charge on any atom is 0.335 e. The van der Waals surface area contributed by atoms with E-state index in [1.165, 1.54) is 32.1 Å². The van der Waals surface area contributed by atoms with Crippen molar-refractivity contribution in [3.05, 3.63) is 0 Å². The number of amides is 1. The van der Waals surface area contributed by atoms with Crippen LogP contribution in [0.4, 0.5) is 0 Å². The molecule has 2 fully saturated rings. The van der Waals surface area contributed by atoms with E-state index in [1.807, 2.05) is 0 Å². The molecular weight excluding hydrogens is 270 g/mol. The molecule has 2 N–H and O–H groups in total. The van der Waals surface area contributed by atoms with Gasteiger partial charge in [-0.1, -0.05) is 39.0 Å². The van der Waals surface area contributed by atoms with Crippen LogP contribution in [0.2, 0.25) is 0 Å². The number of nitrogens with zero attached hydrogens (tertiary/aromatic N) is 1. The number of hydrogen-bond acceptors (Lipinski definition) is 3. The highest BCUT2D eigenvalue weighted by Gasteiger charge is 2.40. The number of carboxylic acid groups (broad SMARTS) is 1. The molecule has 2 aliphatic rings. The molecule has 0 bridgehead atoms. The summed E-state index contributed by atoms with van der Waals surface area (Å²) in [6.07, 6.45) is 7.14. The number of hydrogen-bond donors (Lipinski definition) is 2.